The Morgan fingerprint density at radius 1 is 0.967 bits per heavy atom. The number of benzene rings is 2. The van der Waals surface area contributed by atoms with Crippen molar-refractivity contribution in [3.8, 4) is 0 Å². The molecule has 162 valence electrons. The lowest BCUT2D eigenvalue weighted by atomic mass is 10.1. The second-order valence-corrected chi connectivity index (χ2v) is 8.50. The number of nitrogens with one attached hydrogen (secondary N) is 1. The first-order chi connectivity index (χ1) is 14.3. The maximum absolute atomic E-state index is 13.3. The van der Waals surface area contributed by atoms with Gasteiger partial charge in [0.2, 0.25) is 11.8 Å². The van der Waals surface area contributed by atoms with Crippen LogP contribution in [0, 0.1) is 0 Å². The highest BCUT2D eigenvalue weighted by atomic mass is 35.5. The molecule has 2 aromatic carbocycles. The van der Waals surface area contributed by atoms with E-state index in [1.165, 1.54) is 0 Å². The molecule has 0 spiro atoms. The van der Waals surface area contributed by atoms with E-state index in [-0.39, 0.29) is 30.8 Å². The lowest BCUT2D eigenvalue weighted by Gasteiger charge is -2.31. The molecule has 0 bridgehead atoms. The highest BCUT2D eigenvalue weighted by Crippen LogP contribution is 2.25. The Morgan fingerprint density at radius 2 is 1.67 bits per heavy atom. The maximum atomic E-state index is 13.3. The van der Waals surface area contributed by atoms with Gasteiger partial charge in [-0.15, -0.1) is 0 Å². The van der Waals surface area contributed by atoms with Gasteiger partial charge in [0.1, 0.15) is 6.04 Å². The molecule has 0 fully saturated rings. The van der Waals surface area contributed by atoms with Crippen LogP contribution >= 0.6 is 34.8 Å². The molecule has 2 aromatic rings. The summed E-state index contributed by atoms with van der Waals surface area (Å²) in [6.07, 6.45) is 1.40. The van der Waals surface area contributed by atoms with E-state index >= 15 is 0 Å². The van der Waals surface area contributed by atoms with Crippen molar-refractivity contribution in [1.82, 2.24) is 10.2 Å². The molecule has 0 unspecified atom stereocenters. The average molecular weight is 470 g/mol. The largest absolute Gasteiger partial charge is 0.352 e. The number of amides is 2. The van der Waals surface area contributed by atoms with E-state index < -0.39 is 6.04 Å². The minimum atomic E-state index is -0.608. The topological polar surface area (TPSA) is 49.4 Å². The SMILES string of the molecule is CC[C@@H](C)NC(=O)[C@@H](CC)N(Cc1ccc(Cl)c(Cl)c1)C(=O)Cc1ccccc1Cl. The number of carbonyl (C=O) groups excluding carboxylic acids is 2. The highest BCUT2D eigenvalue weighted by Gasteiger charge is 2.29. The molecule has 2 amide bonds. The van der Waals surface area contributed by atoms with Crippen LogP contribution in [0.5, 0.6) is 0 Å². The number of carbonyl (C=O) groups is 2. The Kier molecular flexibility index (Phi) is 9.47. The first-order valence-electron chi connectivity index (χ1n) is 10.0. The highest BCUT2D eigenvalue weighted by molar-refractivity contribution is 6.42. The number of hydrogen-bond acceptors (Lipinski definition) is 2. The Labute approximate surface area is 193 Å². The van der Waals surface area contributed by atoms with Crippen molar-refractivity contribution in [3.05, 3.63) is 68.7 Å². The van der Waals surface area contributed by atoms with Crippen LogP contribution in [0.15, 0.2) is 42.5 Å². The van der Waals surface area contributed by atoms with Crippen molar-refractivity contribution < 1.29 is 9.59 Å². The van der Waals surface area contributed by atoms with E-state index in [1.807, 2.05) is 45.0 Å². The molecule has 30 heavy (non-hydrogen) atoms. The quantitative estimate of drug-likeness (QED) is 0.496. The molecule has 1 N–H and O–H groups in total. The van der Waals surface area contributed by atoms with Crippen LogP contribution in [0.4, 0.5) is 0 Å². The molecule has 0 aromatic heterocycles. The minimum absolute atomic E-state index is 0.0250. The van der Waals surface area contributed by atoms with Crippen LogP contribution < -0.4 is 5.32 Å². The van der Waals surface area contributed by atoms with E-state index in [1.54, 1.807) is 23.1 Å². The van der Waals surface area contributed by atoms with Gasteiger partial charge in [-0.3, -0.25) is 9.59 Å². The number of nitrogens with zero attached hydrogens (tertiary/aromatic N) is 1. The van der Waals surface area contributed by atoms with Gasteiger partial charge >= 0.3 is 0 Å². The summed E-state index contributed by atoms with van der Waals surface area (Å²) in [6, 6.07) is 11.9. The third-order valence-electron chi connectivity index (χ3n) is 5.02. The van der Waals surface area contributed by atoms with Gasteiger partial charge in [-0.25, -0.2) is 0 Å². The molecule has 0 aliphatic rings. The van der Waals surface area contributed by atoms with Crippen molar-refractivity contribution in [2.45, 2.75) is 58.7 Å². The first-order valence-corrected chi connectivity index (χ1v) is 11.2. The molecular weight excluding hydrogens is 443 g/mol. The van der Waals surface area contributed by atoms with Crippen molar-refractivity contribution in [2.75, 3.05) is 0 Å². The molecule has 0 saturated carbocycles. The van der Waals surface area contributed by atoms with Crippen LogP contribution in [-0.4, -0.2) is 28.8 Å². The van der Waals surface area contributed by atoms with Crippen LogP contribution in [0.3, 0.4) is 0 Å². The molecule has 0 heterocycles. The summed E-state index contributed by atoms with van der Waals surface area (Å²) in [5.41, 5.74) is 1.52. The van der Waals surface area contributed by atoms with Crippen LogP contribution in [0.25, 0.3) is 0 Å². The van der Waals surface area contributed by atoms with Gasteiger partial charge < -0.3 is 10.2 Å². The van der Waals surface area contributed by atoms with Gasteiger partial charge in [0, 0.05) is 17.6 Å². The lowest BCUT2D eigenvalue weighted by molar-refractivity contribution is -0.141. The third-order valence-corrected chi connectivity index (χ3v) is 6.13. The summed E-state index contributed by atoms with van der Waals surface area (Å²) < 4.78 is 0. The number of rotatable bonds is 9. The molecule has 0 radical (unpaired) electrons. The molecular formula is C23H27Cl3N2O2. The summed E-state index contributed by atoms with van der Waals surface area (Å²) in [6.45, 7) is 6.08. The molecule has 7 heteroatoms. The van der Waals surface area contributed by atoms with E-state index in [9.17, 15) is 9.59 Å². The van der Waals surface area contributed by atoms with Gasteiger partial charge in [0.25, 0.3) is 0 Å². The van der Waals surface area contributed by atoms with Gasteiger partial charge in [0.05, 0.1) is 16.5 Å². The smallest absolute Gasteiger partial charge is 0.243 e. The van der Waals surface area contributed by atoms with Crippen molar-refractivity contribution in [2.24, 2.45) is 0 Å². The molecule has 0 saturated heterocycles. The third kappa shape index (κ3) is 6.63. The standard InChI is InChI=1S/C23H27Cl3N2O2/c1-4-15(3)27-23(30)21(5-2)28(14-16-10-11-19(25)20(26)12-16)22(29)13-17-8-6-7-9-18(17)24/h6-12,15,21H,4-5,13-14H2,1-3H3,(H,27,30)/t15-,21-/m1/s1. The lowest BCUT2D eigenvalue weighted by Crippen LogP contribution is -2.51. The Morgan fingerprint density at radius 3 is 2.27 bits per heavy atom. The Bertz CT molecular complexity index is 889. The summed E-state index contributed by atoms with van der Waals surface area (Å²) >= 11 is 18.4. The molecule has 2 atom stereocenters. The zero-order valence-corrected chi connectivity index (χ0v) is 19.7. The van der Waals surface area contributed by atoms with E-state index in [0.717, 1.165) is 17.5 Å². The monoisotopic (exact) mass is 468 g/mol. The van der Waals surface area contributed by atoms with Crippen LogP contribution in [0.1, 0.15) is 44.7 Å². The van der Waals surface area contributed by atoms with Crippen molar-refractivity contribution in [1.29, 1.82) is 0 Å². The van der Waals surface area contributed by atoms with Crippen molar-refractivity contribution in [3.63, 3.8) is 0 Å². The summed E-state index contributed by atoms with van der Waals surface area (Å²) in [4.78, 5) is 27.8. The summed E-state index contributed by atoms with van der Waals surface area (Å²) in [5.74, 6) is -0.347. The van der Waals surface area contributed by atoms with E-state index in [4.69, 9.17) is 34.8 Å². The number of hydrogen-bond donors (Lipinski definition) is 1. The molecule has 0 aliphatic carbocycles. The average Bonchev–Trinajstić information content (AvgIpc) is 2.72. The predicted octanol–water partition coefficient (Wildman–Crippen LogP) is 5.91. The zero-order chi connectivity index (χ0) is 22.3. The first kappa shape index (κ1) is 24.5. The van der Waals surface area contributed by atoms with E-state index in [0.29, 0.717) is 21.5 Å². The van der Waals surface area contributed by atoms with Crippen LogP contribution in [-0.2, 0) is 22.6 Å². The van der Waals surface area contributed by atoms with Gasteiger partial charge in [-0.1, -0.05) is 72.9 Å². The van der Waals surface area contributed by atoms with E-state index in [2.05, 4.69) is 5.32 Å². The van der Waals surface area contributed by atoms with Gasteiger partial charge in [-0.2, -0.15) is 0 Å². The number of halogens is 3. The Hall–Kier alpha value is -1.75. The normalized spacial score (nSPS) is 12.9. The van der Waals surface area contributed by atoms with Gasteiger partial charge in [0.15, 0.2) is 0 Å². The fraction of sp³-hybridized carbons (Fsp3) is 0.391. The van der Waals surface area contributed by atoms with Crippen LogP contribution in [0.2, 0.25) is 15.1 Å². The summed E-state index contributed by atoms with van der Waals surface area (Å²) in [5, 5.41) is 4.36. The Balaban J connectivity index is 2.34. The fourth-order valence-electron chi connectivity index (χ4n) is 3.10. The van der Waals surface area contributed by atoms with Gasteiger partial charge in [-0.05, 0) is 49.1 Å². The summed E-state index contributed by atoms with van der Waals surface area (Å²) in [7, 11) is 0. The zero-order valence-electron chi connectivity index (χ0n) is 17.4. The predicted molar refractivity (Wildman–Crippen MR) is 124 cm³/mol. The maximum Gasteiger partial charge on any atom is 0.243 e. The molecule has 2 rings (SSSR count). The molecule has 4 nitrogen and oxygen atoms in total. The fourth-order valence-corrected chi connectivity index (χ4v) is 3.62. The molecule has 0 aliphatic heterocycles. The van der Waals surface area contributed by atoms with Crippen molar-refractivity contribution >= 4 is 46.6 Å². The minimum Gasteiger partial charge on any atom is -0.352 e. The second-order valence-electron chi connectivity index (χ2n) is 7.28. The second kappa shape index (κ2) is 11.6.